The van der Waals surface area contributed by atoms with Crippen LogP contribution in [0.3, 0.4) is 0 Å². The Morgan fingerprint density at radius 1 is 1.03 bits per heavy atom. The van der Waals surface area contributed by atoms with Crippen LogP contribution in [0, 0.1) is 5.92 Å². The predicted molar refractivity (Wildman–Crippen MR) is 143 cm³/mol. The number of nitrogens with zero attached hydrogens (tertiary/aromatic N) is 3. The summed E-state index contributed by atoms with van der Waals surface area (Å²) < 4.78 is 1.88. The highest BCUT2D eigenvalue weighted by atomic mass is 35.5. The Balaban J connectivity index is 1.73. The second kappa shape index (κ2) is 12.3. The molecule has 0 unspecified atom stereocenters. The largest absolute Gasteiger partial charge is 0.342 e. The third kappa shape index (κ3) is 6.83. The maximum absolute atomic E-state index is 12.9. The van der Waals surface area contributed by atoms with Crippen LogP contribution in [0.4, 0.5) is 5.69 Å². The summed E-state index contributed by atoms with van der Waals surface area (Å²) in [6.07, 6.45) is 0. The number of carbonyl (C=O) groups excluding carboxylic acids is 2. The number of benzene rings is 2. The van der Waals surface area contributed by atoms with Crippen LogP contribution in [0.1, 0.15) is 43.0 Å². The quantitative estimate of drug-likeness (QED) is 0.275. The lowest BCUT2D eigenvalue weighted by Gasteiger charge is -2.22. The van der Waals surface area contributed by atoms with Gasteiger partial charge in [0.2, 0.25) is 5.91 Å². The first-order valence-corrected chi connectivity index (χ1v) is 13.2. The summed E-state index contributed by atoms with van der Waals surface area (Å²) in [5.41, 5.74) is 0.825. The molecule has 35 heavy (non-hydrogen) atoms. The number of hydrogen-bond acceptors (Lipinski definition) is 5. The van der Waals surface area contributed by atoms with Gasteiger partial charge in [-0.3, -0.25) is 9.59 Å². The fourth-order valence-corrected chi connectivity index (χ4v) is 4.70. The van der Waals surface area contributed by atoms with Gasteiger partial charge >= 0.3 is 0 Å². The minimum atomic E-state index is -0.419. The van der Waals surface area contributed by atoms with E-state index >= 15 is 0 Å². The van der Waals surface area contributed by atoms with E-state index in [1.54, 1.807) is 30.3 Å². The molecule has 0 spiro atoms. The molecule has 0 bridgehead atoms. The van der Waals surface area contributed by atoms with Gasteiger partial charge in [0.1, 0.15) is 0 Å². The molecule has 7 nitrogen and oxygen atoms in total. The van der Waals surface area contributed by atoms with E-state index in [0.29, 0.717) is 43.8 Å². The molecule has 2 amide bonds. The summed E-state index contributed by atoms with van der Waals surface area (Å²) in [6, 6.07) is 9.31. The fraction of sp³-hybridized carbons (Fsp3) is 0.304. The highest BCUT2D eigenvalue weighted by Gasteiger charge is 2.26. The summed E-state index contributed by atoms with van der Waals surface area (Å²) in [5, 5.41) is 16.2. The van der Waals surface area contributed by atoms with Crippen LogP contribution in [0.25, 0.3) is 0 Å². The van der Waals surface area contributed by atoms with Crippen molar-refractivity contribution >= 4 is 75.7 Å². The molecule has 0 fully saturated rings. The zero-order valence-corrected chi connectivity index (χ0v) is 23.0. The zero-order chi connectivity index (χ0) is 25.7. The number of nitrogens with one attached hydrogen (secondary N) is 2. The highest BCUT2D eigenvalue weighted by Crippen LogP contribution is 2.30. The van der Waals surface area contributed by atoms with Gasteiger partial charge in [-0.2, -0.15) is 0 Å². The molecular weight excluding hydrogens is 552 g/mol. The van der Waals surface area contributed by atoms with Crippen molar-refractivity contribution in [3.05, 3.63) is 67.9 Å². The van der Waals surface area contributed by atoms with Gasteiger partial charge in [0, 0.05) is 12.1 Å². The summed E-state index contributed by atoms with van der Waals surface area (Å²) in [7, 11) is 0. The molecule has 2 N–H and O–H groups in total. The molecule has 0 saturated heterocycles. The number of carbonyl (C=O) groups is 2. The molecule has 3 aromatic rings. The number of aromatic nitrogens is 3. The van der Waals surface area contributed by atoms with Crippen LogP contribution >= 0.6 is 58.2 Å². The smallest absolute Gasteiger partial charge is 0.251 e. The van der Waals surface area contributed by atoms with Gasteiger partial charge in [0.15, 0.2) is 11.0 Å². The van der Waals surface area contributed by atoms with Crippen LogP contribution in [0.2, 0.25) is 20.1 Å². The molecule has 0 radical (unpaired) electrons. The average molecular weight is 575 g/mol. The Hall–Kier alpha value is -1.97. The third-order valence-electron chi connectivity index (χ3n) is 5.03. The number of amides is 2. The standard InChI is InChI=1S/C23H23Cl4N5O2S/c1-4-32-21(20(12(2)3)29-22(34)13-8-9-14(24)16(26)10-13)30-31-23(32)35-11-18(33)28-17-7-5-6-15(25)19(17)27/h5-10,12,20H,4,11H2,1-3H3,(H,28,33)(H,29,34)/t20-/m1/s1. The summed E-state index contributed by atoms with van der Waals surface area (Å²) >= 11 is 25.4. The molecule has 0 saturated carbocycles. The molecule has 2 aromatic carbocycles. The van der Waals surface area contributed by atoms with Crippen molar-refractivity contribution in [3.63, 3.8) is 0 Å². The van der Waals surface area contributed by atoms with Crippen LogP contribution in [-0.4, -0.2) is 32.3 Å². The Labute approximate surface area is 227 Å². The van der Waals surface area contributed by atoms with Crippen LogP contribution in [0.15, 0.2) is 41.6 Å². The van der Waals surface area contributed by atoms with Gasteiger partial charge in [-0.1, -0.05) is 78.1 Å². The van der Waals surface area contributed by atoms with Gasteiger partial charge in [-0.25, -0.2) is 0 Å². The van der Waals surface area contributed by atoms with Crippen molar-refractivity contribution in [2.75, 3.05) is 11.1 Å². The van der Waals surface area contributed by atoms with Crippen molar-refractivity contribution < 1.29 is 9.59 Å². The van der Waals surface area contributed by atoms with Gasteiger partial charge in [-0.15, -0.1) is 10.2 Å². The number of anilines is 1. The first-order valence-electron chi connectivity index (χ1n) is 10.7. The lowest BCUT2D eigenvalue weighted by atomic mass is 10.0. The van der Waals surface area contributed by atoms with Crippen LogP contribution < -0.4 is 10.6 Å². The molecule has 1 aromatic heterocycles. The molecule has 0 aliphatic heterocycles. The SMILES string of the molecule is CCn1c(SCC(=O)Nc2cccc(Cl)c2Cl)nnc1[C@H](NC(=O)c1ccc(Cl)c(Cl)c1)C(C)C. The molecule has 12 heteroatoms. The molecule has 1 atom stereocenters. The lowest BCUT2D eigenvalue weighted by molar-refractivity contribution is -0.113. The second-order valence-electron chi connectivity index (χ2n) is 7.85. The minimum absolute atomic E-state index is 0.0161. The maximum atomic E-state index is 12.9. The van der Waals surface area contributed by atoms with Crippen LogP contribution in [0.5, 0.6) is 0 Å². The number of thioether (sulfide) groups is 1. The molecule has 186 valence electrons. The van der Waals surface area contributed by atoms with Gasteiger partial charge < -0.3 is 15.2 Å². The van der Waals surface area contributed by atoms with Gasteiger partial charge in [0.25, 0.3) is 5.91 Å². The van der Waals surface area contributed by atoms with Crippen molar-refractivity contribution in [3.8, 4) is 0 Å². The summed E-state index contributed by atoms with van der Waals surface area (Å²) in [5.74, 6) is 0.127. The maximum Gasteiger partial charge on any atom is 0.251 e. The molecule has 0 aliphatic carbocycles. The first kappa shape index (κ1) is 27.6. The van der Waals surface area contributed by atoms with E-state index in [0.717, 1.165) is 0 Å². The van der Waals surface area contributed by atoms with E-state index in [1.165, 1.54) is 17.8 Å². The third-order valence-corrected chi connectivity index (χ3v) is 7.56. The van der Waals surface area contributed by atoms with Crippen LogP contribution in [-0.2, 0) is 11.3 Å². The lowest BCUT2D eigenvalue weighted by Crippen LogP contribution is -2.33. The predicted octanol–water partition coefficient (Wildman–Crippen LogP) is 6.77. The fourth-order valence-electron chi connectivity index (χ4n) is 3.24. The summed E-state index contributed by atoms with van der Waals surface area (Å²) in [4.78, 5) is 25.4. The Morgan fingerprint density at radius 2 is 1.77 bits per heavy atom. The van der Waals surface area contributed by atoms with E-state index in [1.807, 2.05) is 25.3 Å². The Bertz CT molecular complexity index is 1230. The number of hydrogen-bond donors (Lipinski definition) is 2. The normalized spacial score (nSPS) is 12.0. The average Bonchev–Trinajstić information content (AvgIpc) is 3.23. The second-order valence-corrected chi connectivity index (χ2v) is 10.4. The topological polar surface area (TPSA) is 88.9 Å². The minimum Gasteiger partial charge on any atom is -0.342 e. The molecular formula is C23H23Cl4N5O2S. The van der Waals surface area contributed by atoms with Crippen molar-refractivity contribution in [2.45, 2.75) is 38.5 Å². The molecule has 0 aliphatic rings. The Morgan fingerprint density at radius 3 is 2.43 bits per heavy atom. The van der Waals surface area contributed by atoms with E-state index < -0.39 is 6.04 Å². The highest BCUT2D eigenvalue weighted by molar-refractivity contribution is 7.99. The van der Waals surface area contributed by atoms with Gasteiger partial charge in [0.05, 0.1) is 37.6 Å². The number of halogens is 4. The van der Waals surface area contributed by atoms with E-state index in [2.05, 4.69) is 20.8 Å². The first-order chi connectivity index (χ1) is 16.6. The summed E-state index contributed by atoms with van der Waals surface area (Å²) in [6.45, 7) is 6.45. The van der Waals surface area contributed by atoms with Crippen molar-refractivity contribution in [1.29, 1.82) is 0 Å². The molecule has 1 heterocycles. The van der Waals surface area contributed by atoms with E-state index in [-0.39, 0.29) is 28.5 Å². The van der Waals surface area contributed by atoms with Gasteiger partial charge in [-0.05, 0) is 43.2 Å². The monoisotopic (exact) mass is 573 g/mol. The van der Waals surface area contributed by atoms with Crippen molar-refractivity contribution in [1.82, 2.24) is 20.1 Å². The van der Waals surface area contributed by atoms with E-state index in [4.69, 9.17) is 46.4 Å². The van der Waals surface area contributed by atoms with Crippen molar-refractivity contribution in [2.24, 2.45) is 5.92 Å². The zero-order valence-electron chi connectivity index (χ0n) is 19.1. The molecule has 3 rings (SSSR count). The number of rotatable bonds is 9. The van der Waals surface area contributed by atoms with E-state index in [9.17, 15) is 9.59 Å². The Kier molecular flexibility index (Phi) is 9.72.